The second kappa shape index (κ2) is 10.6. The van der Waals surface area contributed by atoms with Crippen LogP contribution in [0.25, 0.3) is 11.3 Å². The Morgan fingerprint density at radius 2 is 1.31 bits per heavy atom. The molecule has 5 rings (SSSR count). The number of furan rings is 1. The fraction of sp³-hybridized carbons (Fsp3) is 0. The van der Waals surface area contributed by atoms with E-state index in [1.807, 2.05) is 97.1 Å². The van der Waals surface area contributed by atoms with E-state index in [4.69, 9.17) is 4.42 Å². The molecule has 0 spiro atoms. The third-order valence-corrected chi connectivity index (χ3v) is 5.28. The molecule has 172 valence electrons. The van der Waals surface area contributed by atoms with Crippen molar-refractivity contribution in [2.45, 2.75) is 0 Å². The summed E-state index contributed by atoms with van der Waals surface area (Å²) in [5.41, 5.74) is 5.55. The smallest absolute Gasteiger partial charge is 0.250 e. The minimum atomic E-state index is 0.270. The second-order valence-electron chi connectivity index (χ2n) is 7.37. The summed E-state index contributed by atoms with van der Waals surface area (Å²) in [4.78, 5) is 13.3. The maximum Gasteiger partial charge on any atom is 0.250 e. The average Bonchev–Trinajstić information content (AvgIpc) is 3.34. The third kappa shape index (κ3) is 6.10. The van der Waals surface area contributed by atoms with Crippen LogP contribution in [0.15, 0.2) is 111 Å². The molecule has 0 aliphatic carbocycles. The lowest BCUT2D eigenvalue weighted by Crippen LogP contribution is -2.07. The second-order valence-corrected chi connectivity index (χ2v) is 8.29. The standard InChI is InChI=1S/C26H20BrN7O/c27-19-9-7-8-18(16-19)23-15-14-22(35-23)17-28-34-26-32-24(29-20-10-3-1-4-11-20)31-25(33-26)30-21-12-5-2-6-13-21/h1-17H,(H3,29,30,31,32,33,34)/b28-17+. The first-order valence-corrected chi connectivity index (χ1v) is 11.6. The van der Waals surface area contributed by atoms with Gasteiger partial charge in [-0.1, -0.05) is 64.5 Å². The molecule has 3 N–H and O–H groups in total. The minimum absolute atomic E-state index is 0.270. The van der Waals surface area contributed by atoms with Gasteiger partial charge in [0.15, 0.2) is 0 Å². The van der Waals surface area contributed by atoms with Crippen molar-refractivity contribution in [2.75, 3.05) is 16.1 Å². The van der Waals surface area contributed by atoms with Crippen LogP contribution in [0.1, 0.15) is 5.76 Å². The predicted molar refractivity (Wildman–Crippen MR) is 142 cm³/mol. The Morgan fingerprint density at radius 3 is 1.94 bits per heavy atom. The Hall–Kier alpha value is -4.50. The van der Waals surface area contributed by atoms with Crippen molar-refractivity contribution >= 4 is 51.4 Å². The van der Waals surface area contributed by atoms with E-state index < -0.39 is 0 Å². The summed E-state index contributed by atoms with van der Waals surface area (Å²) in [6.45, 7) is 0. The number of halogens is 1. The summed E-state index contributed by atoms with van der Waals surface area (Å²) >= 11 is 3.48. The van der Waals surface area contributed by atoms with E-state index in [1.165, 1.54) is 0 Å². The highest BCUT2D eigenvalue weighted by Crippen LogP contribution is 2.24. The molecule has 0 radical (unpaired) electrons. The highest BCUT2D eigenvalue weighted by molar-refractivity contribution is 9.10. The van der Waals surface area contributed by atoms with Crippen LogP contribution in [0.4, 0.5) is 29.2 Å². The molecule has 0 aliphatic rings. The van der Waals surface area contributed by atoms with Crippen molar-refractivity contribution in [1.82, 2.24) is 15.0 Å². The average molecular weight is 526 g/mol. The zero-order valence-corrected chi connectivity index (χ0v) is 20.0. The number of aromatic nitrogens is 3. The molecule has 2 heterocycles. The number of benzene rings is 3. The van der Waals surface area contributed by atoms with Crippen molar-refractivity contribution < 1.29 is 4.42 Å². The van der Waals surface area contributed by atoms with Gasteiger partial charge in [-0.25, -0.2) is 5.43 Å². The Morgan fingerprint density at radius 1 is 0.686 bits per heavy atom. The normalized spacial score (nSPS) is 10.9. The van der Waals surface area contributed by atoms with E-state index in [9.17, 15) is 0 Å². The summed E-state index contributed by atoms with van der Waals surface area (Å²) in [5.74, 6) is 2.35. The van der Waals surface area contributed by atoms with Gasteiger partial charge in [-0.05, 0) is 48.5 Å². The number of nitrogens with one attached hydrogen (secondary N) is 3. The molecule has 0 amide bonds. The quantitative estimate of drug-likeness (QED) is 0.151. The van der Waals surface area contributed by atoms with Gasteiger partial charge in [0.25, 0.3) is 0 Å². The number of hydrogen-bond acceptors (Lipinski definition) is 8. The first-order chi connectivity index (χ1) is 17.2. The van der Waals surface area contributed by atoms with E-state index in [-0.39, 0.29) is 5.95 Å². The molecule has 0 unspecified atom stereocenters. The molecule has 0 aliphatic heterocycles. The van der Waals surface area contributed by atoms with Gasteiger partial charge < -0.3 is 15.1 Å². The summed E-state index contributed by atoms with van der Waals surface area (Å²) in [6.07, 6.45) is 1.57. The molecule has 0 fully saturated rings. The van der Waals surface area contributed by atoms with Gasteiger partial charge in [-0.3, -0.25) is 0 Å². The maximum absolute atomic E-state index is 5.88. The zero-order valence-electron chi connectivity index (χ0n) is 18.4. The van der Waals surface area contributed by atoms with Gasteiger partial charge in [0.2, 0.25) is 17.8 Å². The molecule has 9 heteroatoms. The van der Waals surface area contributed by atoms with Gasteiger partial charge in [0.1, 0.15) is 11.5 Å². The first-order valence-electron chi connectivity index (χ1n) is 10.8. The van der Waals surface area contributed by atoms with E-state index >= 15 is 0 Å². The fourth-order valence-electron chi connectivity index (χ4n) is 3.21. The highest BCUT2D eigenvalue weighted by atomic mass is 79.9. The molecular weight excluding hydrogens is 506 g/mol. The Labute approximate surface area is 210 Å². The molecule has 0 atom stereocenters. The molecule has 0 saturated carbocycles. The molecule has 35 heavy (non-hydrogen) atoms. The van der Waals surface area contributed by atoms with Crippen LogP contribution in [-0.2, 0) is 0 Å². The third-order valence-electron chi connectivity index (χ3n) is 4.79. The van der Waals surface area contributed by atoms with Gasteiger partial charge in [0.05, 0.1) is 6.21 Å². The van der Waals surface area contributed by atoms with Gasteiger partial charge in [-0.15, -0.1) is 0 Å². The molecular formula is C26H20BrN7O. The van der Waals surface area contributed by atoms with Gasteiger partial charge in [0, 0.05) is 21.4 Å². The van der Waals surface area contributed by atoms with Crippen molar-refractivity contribution in [3.8, 4) is 11.3 Å². The number of para-hydroxylation sites is 2. The lowest BCUT2D eigenvalue weighted by atomic mass is 10.2. The number of nitrogens with zero attached hydrogens (tertiary/aromatic N) is 4. The molecule has 2 aromatic heterocycles. The lowest BCUT2D eigenvalue weighted by Gasteiger charge is -2.10. The number of anilines is 5. The summed E-state index contributed by atoms with van der Waals surface area (Å²) < 4.78 is 6.86. The summed E-state index contributed by atoms with van der Waals surface area (Å²) in [7, 11) is 0. The predicted octanol–water partition coefficient (Wildman–Crippen LogP) is 6.83. The van der Waals surface area contributed by atoms with E-state index in [0.717, 1.165) is 27.2 Å². The van der Waals surface area contributed by atoms with Crippen LogP contribution in [-0.4, -0.2) is 21.2 Å². The largest absolute Gasteiger partial charge is 0.455 e. The summed E-state index contributed by atoms with van der Waals surface area (Å²) in [5, 5.41) is 10.6. The Kier molecular flexibility index (Phi) is 6.77. The fourth-order valence-corrected chi connectivity index (χ4v) is 3.61. The molecule has 8 nitrogen and oxygen atoms in total. The van der Waals surface area contributed by atoms with Gasteiger partial charge >= 0.3 is 0 Å². The SMILES string of the molecule is Brc1cccc(-c2ccc(/C=N/Nc3nc(Nc4ccccc4)nc(Nc4ccccc4)n3)o2)c1. The van der Waals surface area contributed by atoms with Crippen molar-refractivity contribution in [3.63, 3.8) is 0 Å². The van der Waals surface area contributed by atoms with Crippen LogP contribution in [0.2, 0.25) is 0 Å². The maximum atomic E-state index is 5.88. The number of hydrazone groups is 1. The Balaban J connectivity index is 1.34. The lowest BCUT2D eigenvalue weighted by molar-refractivity contribution is 0.575. The van der Waals surface area contributed by atoms with Crippen LogP contribution < -0.4 is 16.1 Å². The van der Waals surface area contributed by atoms with Crippen LogP contribution in [0.3, 0.4) is 0 Å². The van der Waals surface area contributed by atoms with Crippen LogP contribution in [0, 0.1) is 0 Å². The van der Waals surface area contributed by atoms with E-state index in [1.54, 1.807) is 6.21 Å². The van der Waals surface area contributed by atoms with Crippen molar-refractivity contribution in [2.24, 2.45) is 5.10 Å². The van der Waals surface area contributed by atoms with Crippen molar-refractivity contribution in [1.29, 1.82) is 0 Å². The first kappa shape index (κ1) is 22.3. The highest BCUT2D eigenvalue weighted by Gasteiger charge is 2.08. The molecule has 0 saturated heterocycles. The van der Waals surface area contributed by atoms with Crippen LogP contribution >= 0.6 is 15.9 Å². The minimum Gasteiger partial charge on any atom is -0.455 e. The molecule has 0 bridgehead atoms. The topological polar surface area (TPSA) is 100 Å². The molecule has 3 aromatic carbocycles. The van der Waals surface area contributed by atoms with Gasteiger partial charge in [-0.2, -0.15) is 20.1 Å². The molecule has 5 aromatic rings. The zero-order chi connectivity index (χ0) is 23.9. The van der Waals surface area contributed by atoms with Crippen LogP contribution in [0.5, 0.6) is 0 Å². The monoisotopic (exact) mass is 525 g/mol. The number of hydrogen-bond donors (Lipinski definition) is 3. The van der Waals surface area contributed by atoms with Crippen molar-refractivity contribution in [3.05, 3.63) is 107 Å². The van der Waals surface area contributed by atoms with E-state index in [2.05, 4.69) is 52.0 Å². The Bertz CT molecular complexity index is 1380. The number of rotatable bonds is 8. The van der Waals surface area contributed by atoms with E-state index in [0.29, 0.717) is 17.7 Å². The summed E-state index contributed by atoms with van der Waals surface area (Å²) in [6, 6.07) is 31.0.